The highest BCUT2D eigenvalue weighted by Gasteiger charge is 2.14. The van der Waals surface area contributed by atoms with E-state index < -0.39 is 4.92 Å². The number of benzene rings is 2. The number of hydrogen-bond acceptors (Lipinski definition) is 8. The maximum Gasteiger partial charge on any atom is 0.273 e. The predicted octanol–water partition coefficient (Wildman–Crippen LogP) is 4.45. The molecule has 1 amide bonds. The highest BCUT2D eigenvalue weighted by atomic mass is 32.2. The van der Waals surface area contributed by atoms with E-state index in [9.17, 15) is 19.3 Å². The number of nitrogens with one attached hydrogen (secondary N) is 1. The molecule has 1 N–H and O–H groups in total. The molecular weight excluding hydrogens is 439 g/mol. The number of amides is 1. The Morgan fingerprint density at radius 3 is 2.76 bits per heavy atom. The van der Waals surface area contributed by atoms with Crippen molar-refractivity contribution in [2.24, 2.45) is 0 Å². The van der Waals surface area contributed by atoms with Crippen LogP contribution in [0.15, 0.2) is 46.8 Å². The van der Waals surface area contributed by atoms with Crippen molar-refractivity contribution in [1.82, 2.24) is 9.78 Å². The molecule has 8 nitrogen and oxygen atoms in total. The smallest absolute Gasteiger partial charge is 0.273 e. The summed E-state index contributed by atoms with van der Waals surface area (Å²) < 4.78 is 20.7. The first kappa shape index (κ1) is 20.9. The second-order valence-electron chi connectivity index (χ2n) is 5.50. The van der Waals surface area contributed by atoms with E-state index in [0.29, 0.717) is 19.7 Å². The van der Waals surface area contributed by atoms with Gasteiger partial charge in [-0.05, 0) is 42.5 Å². The normalized spacial score (nSPS) is 10.6. The first-order valence-corrected chi connectivity index (χ1v) is 10.2. The van der Waals surface area contributed by atoms with E-state index in [-0.39, 0.29) is 28.9 Å². The number of thioether (sulfide) groups is 1. The van der Waals surface area contributed by atoms with Crippen molar-refractivity contribution in [3.63, 3.8) is 0 Å². The Hall–Kier alpha value is -2.83. The van der Waals surface area contributed by atoms with Crippen LogP contribution >= 0.6 is 35.3 Å². The van der Waals surface area contributed by atoms with Gasteiger partial charge in [0.15, 0.2) is 8.29 Å². The lowest BCUT2D eigenvalue weighted by atomic mass is 10.2. The Balaban J connectivity index is 1.66. The quantitative estimate of drug-likeness (QED) is 0.245. The van der Waals surface area contributed by atoms with Crippen molar-refractivity contribution in [2.75, 3.05) is 18.2 Å². The van der Waals surface area contributed by atoms with Crippen LogP contribution in [0.3, 0.4) is 0 Å². The summed E-state index contributed by atoms with van der Waals surface area (Å²) in [6.45, 7) is 0. The Morgan fingerprint density at radius 2 is 2.10 bits per heavy atom. The molecular formula is C17H13FN4O4S3. The topological polar surface area (TPSA) is 99.3 Å². The molecule has 0 saturated carbocycles. The maximum absolute atomic E-state index is 13.1. The van der Waals surface area contributed by atoms with Gasteiger partial charge < -0.3 is 10.1 Å². The molecule has 0 aliphatic heterocycles. The molecule has 0 fully saturated rings. The van der Waals surface area contributed by atoms with Gasteiger partial charge in [-0.1, -0.05) is 23.1 Å². The van der Waals surface area contributed by atoms with Crippen molar-refractivity contribution in [3.8, 4) is 11.4 Å². The average Bonchev–Trinajstić information content (AvgIpc) is 3.07. The number of carbonyl (C=O) groups excluding carboxylic acids is 1. The first-order chi connectivity index (χ1) is 13.9. The fourth-order valence-electron chi connectivity index (χ4n) is 2.27. The summed E-state index contributed by atoms with van der Waals surface area (Å²) in [7, 11) is 1.36. The summed E-state index contributed by atoms with van der Waals surface area (Å²) in [6.07, 6.45) is 0. The highest BCUT2D eigenvalue weighted by molar-refractivity contribution is 8.01. The number of rotatable bonds is 7. The molecule has 0 aliphatic carbocycles. The zero-order valence-corrected chi connectivity index (χ0v) is 17.3. The van der Waals surface area contributed by atoms with E-state index in [1.165, 1.54) is 65.2 Å². The molecule has 3 rings (SSSR count). The molecule has 0 unspecified atom stereocenters. The lowest BCUT2D eigenvalue weighted by Crippen LogP contribution is -2.14. The van der Waals surface area contributed by atoms with Crippen molar-refractivity contribution in [2.45, 2.75) is 4.34 Å². The Morgan fingerprint density at radius 1 is 1.38 bits per heavy atom. The number of nitro groups is 1. The molecule has 29 heavy (non-hydrogen) atoms. The number of halogens is 1. The zero-order valence-electron chi connectivity index (χ0n) is 14.8. The second kappa shape index (κ2) is 9.11. The summed E-state index contributed by atoms with van der Waals surface area (Å²) in [6, 6.07) is 9.68. The summed E-state index contributed by atoms with van der Waals surface area (Å²) in [5, 5.41) is 17.8. The average molecular weight is 453 g/mol. The Labute approximate surface area is 177 Å². The number of non-ortho nitro benzene ring substituents is 1. The summed E-state index contributed by atoms with van der Waals surface area (Å²) in [5.74, 6) is -0.458. The van der Waals surface area contributed by atoms with E-state index >= 15 is 0 Å². The predicted molar refractivity (Wildman–Crippen MR) is 111 cm³/mol. The Kier molecular flexibility index (Phi) is 6.56. The van der Waals surface area contributed by atoms with E-state index in [2.05, 4.69) is 10.4 Å². The molecule has 150 valence electrons. The van der Waals surface area contributed by atoms with Gasteiger partial charge in [-0.25, -0.2) is 9.07 Å². The minimum atomic E-state index is -0.546. The number of methoxy groups -OCH3 is 1. The van der Waals surface area contributed by atoms with Crippen molar-refractivity contribution >= 4 is 52.6 Å². The van der Waals surface area contributed by atoms with E-state index in [4.69, 9.17) is 17.0 Å². The third-order valence-electron chi connectivity index (χ3n) is 3.60. The van der Waals surface area contributed by atoms with Crippen molar-refractivity contribution in [3.05, 3.63) is 62.4 Å². The molecule has 2 aromatic carbocycles. The first-order valence-electron chi connectivity index (χ1n) is 7.98. The zero-order chi connectivity index (χ0) is 21.0. The van der Waals surface area contributed by atoms with Gasteiger partial charge >= 0.3 is 0 Å². The largest absolute Gasteiger partial charge is 0.494 e. The van der Waals surface area contributed by atoms with Crippen LogP contribution in [0.25, 0.3) is 5.69 Å². The van der Waals surface area contributed by atoms with Crippen LogP contribution in [-0.4, -0.2) is 33.5 Å². The minimum Gasteiger partial charge on any atom is -0.494 e. The summed E-state index contributed by atoms with van der Waals surface area (Å²) >= 11 is 7.70. The van der Waals surface area contributed by atoms with Crippen molar-refractivity contribution in [1.29, 1.82) is 0 Å². The SMILES string of the molecule is COc1cc([N+](=O)[O-])ccc1NC(=O)CSc1nn(-c2ccc(F)cc2)c(=S)s1. The van der Waals surface area contributed by atoms with E-state index in [0.717, 1.165) is 0 Å². The van der Waals surface area contributed by atoms with Crippen LogP contribution in [0.5, 0.6) is 5.75 Å². The number of anilines is 1. The molecule has 0 aliphatic rings. The highest BCUT2D eigenvalue weighted by Crippen LogP contribution is 2.30. The molecule has 1 heterocycles. The fraction of sp³-hybridized carbons (Fsp3) is 0.118. The van der Waals surface area contributed by atoms with Crippen LogP contribution in [0.2, 0.25) is 0 Å². The molecule has 0 bridgehead atoms. The number of carbonyl (C=O) groups is 1. The lowest BCUT2D eigenvalue weighted by Gasteiger charge is -2.09. The molecule has 3 aromatic rings. The molecule has 0 radical (unpaired) electrons. The van der Waals surface area contributed by atoms with Crippen LogP contribution in [-0.2, 0) is 4.79 Å². The van der Waals surface area contributed by atoms with Crippen LogP contribution in [0.1, 0.15) is 0 Å². The third-order valence-corrected chi connectivity index (χ3v) is 5.96. The van der Waals surface area contributed by atoms with Gasteiger partial charge in [0, 0.05) is 6.07 Å². The standard InChI is InChI=1S/C17H13FN4O4S3/c1-26-14-8-12(22(24)25)6-7-13(14)19-15(23)9-28-16-20-21(17(27)29-16)11-4-2-10(18)3-5-11/h2-8H,9H2,1H3,(H,19,23). The molecule has 0 saturated heterocycles. The minimum absolute atomic E-state index is 0.0475. The van der Waals surface area contributed by atoms with Crippen LogP contribution < -0.4 is 10.1 Å². The molecule has 1 aromatic heterocycles. The number of nitro benzene ring substituents is 1. The number of ether oxygens (including phenoxy) is 1. The Bertz CT molecular complexity index is 1110. The van der Waals surface area contributed by atoms with E-state index in [1.54, 1.807) is 12.1 Å². The van der Waals surface area contributed by atoms with E-state index in [1.807, 2.05) is 0 Å². The van der Waals surface area contributed by atoms with Gasteiger partial charge in [-0.3, -0.25) is 14.9 Å². The monoisotopic (exact) mass is 452 g/mol. The maximum atomic E-state index is 13.1. The van der Waals surface area contributed by atoms with Crippen LogP contribution in [0, 0.1) is 19.9 Å². The summed E-state index contributed by atoms with van der Waals surface area (Å²) in [5.41, 5.74) is 0.813. The number of nitrogens with zero attached hydrogens (tertiary/aromatic N) is 3. The molecule has 12 heteroatoms. The molecule has 0 atom stereocenters. The van der Waals surface area contributed by atoms with Gasteiger partial charge in [0.1, 0.15) is 11.6 Å². The van der Waals surface area contributed by atoms with Gasteiger partial charge in [0.25, 0.3) is 5.69 Å². The van der Waals surface area contributed by atoms with Gasteiger partial charge in [-0.15, -0.1) is 5.10 Å². The van der Waals surface area contributed by atoms with Gasteiger partial charge in [-0.2, -0.15) is 0 Å². The fourth-order valence-corrected chi connectivity index (χ4v) is 4.44. The lowest BCUT2D eigenvalue weighted by molar-refractivity contribution is -0.384. The van der Waals surface area contributed by atoms with Gasteiger partial charge in [0.2, 0.25) is 5.91 Å². The number of hydrogen-bond donors (Lipinski definition) is 1. The summed E-state index contributed by atoms with van der Waals surface area (Å²) in [4.78, 5) is 22.5. The number of aromatic nitrogens is 2. The second-order valence-corrected chi connectivity index (χ2v) is 8.35. The molecule has 0 spiro atoms. The van der Waals surface area contributed by atoms with Crippen molar-refractivity contribution < 1.29 is 18.8 Å². The third kappa shape index (κ3) is 5.16. The van der Waals surface area contributed by atoms with Gasteiger partial charge in [0.05, 0.1) is 35.2 Å². The van der Waals surface area contributed by atoms with Crippen LogP contribution in [0.4, 0.5) is 15.8 Å².